The van der Waals surface area contributed by atoms with Gasteiger partial charge < -0.3 is 14.7 Å². The SMILES string of the molecule is Cc1cc(C(=O)N(CCCN(C)C)CCCN(C)C)ccc1F. The summed E-state index contributed by atoms with van der Waals surface area (Å²) in [5.74, 6) is -0.279. The van der Waals surface area contributed by atoms with Crippen LogP contribution in [-0.4, -0.2) is 75.0 Å². The third kappa shape index (κ3) is 7.10. The van der Waals surface area contributed by atoms with Gasteiger partial charge in [-0.2, -0.15) is 0 Å². The quantitative estimate of drug-likeness (QED) is 0.698. The first-order valence-corrected chi connectivity index (χ1v) is 8.16. The van der Waals surface area contributed by atoms with Crippen molar-refractivity contribution >= 4 is 5.91 Å². The Morgan fingerprint density at radius 2 is 1.48 bits per heavy atom. The third-order valence-corrected chi connectivity index (χ3v) is 3.76. The van der Waals surface area contributed by atoms with Crippen molar-refractivity contribution in [1.82, 2.24) is 14.7 Å². The molecule has 0 aliphatic rings. The molecule has 0 aliphatic heterocycles. The minimum atomic E-state index is -0.270. The van der Waals surface area contributed by atoms with Gasteiger partial charge in [-0.3, -0.25) is 4.79 Å². The molecule has 0 heterocycles. The second-order valence-electron chi connectivity index (χ2n) is 6.57. The Balaban J connectivity index is 2.74. The van der Waals surface area contributed by atoms with E-state index in [4.69, 9.17) is 0 Å². The van der Waals surface area contributed by atoms with Gasteiger partial charge >= 0.3 is 0 Å². The van der Waals surface area contributed by atoms with Crippen molar-refractivity contribution in [2.45, 2.75) is 19.8 Å². The number of hydrogen-bond donors (Lipinski definition) is 0. The van der Waals surface area contributed by atoms with E-state index < -0.39 is 0 Å². The van der Waals surface area contributed by atoms with Gasteiger partial charge in [0.2, 0.25) is 0 Å². The Morgan fingerprint density at radius 1 is 0.957 bits per heavy atom. The summed E-state index contributed by atoms with van der Waals surface area (Å²) >= 11 is 0. The minimum Gasteiger partial charge on any atom is -0.339 e. The molecule has 130 valence electrons. The summed E-state index contributed by atoms with van der Waals surface area (Å²) in [6.07, 6.45) is 1.86. The lowest BCUT2D eigenvalue weighted by molar-refractivity contribution is 0.0744. The van der Waals surface area contributed by atoms with Crippen LogP contribution in [0.15, 0.2) is 18.2 Å². The summed E-state index contributed by atoms with van der Waals surface area (Å²) in [6.45, 7) is 5.02. The average Bonchev–Trinajstić information content (AvgIpc) is 2.47. The molecule has 23 heavy (non-hydrogen) atoms. The van der Waals surface area contributed by atoms with Gasteiger partial charge in [-0.1, -0.05) is 0 Å². The highest BCUT2D eigenvalue weighted by molar-refractivity contribution is 5.94. The third-order valence-electron chi connectivity index (χ3n) is 3.76. The summed E-state index contributed by atoms with van der Waals surface area (Å²) in [6, 6.07) is 4.60. The van der Waals surface area contributed by atoms with E-state index in [-0.39, 0.29) is 11.7 Å². The van der Waals surface area contributed by atoms with Crippen molar-refractivity contribution in [3.63, 3.8) is 0 Å². The lowest BCUT2D eigenvalue weighted by atomic mass is 10.1. The number of rotatable bonds is 9. The first-order chi connectivity index (χ1) is 10.8. The standard InChI is InChI=1S/C18H30FN3O/c1-15-14-16(8-9-17(15)19)18(23)22(12-6-10-20(2)3)13-7-11-21(4)5/h8-9,14H,6-7,10-13H2,1-5H3. The fourth-order valence-corrected chi connectivity index (χ4v) is 2.43. The Labute approximate surface area is 139 Å². The summed E-state index contributed by atoms with van der Waals surface area (Å²) in [5.41, 5.74) is 1.08. The number of nitrogens with zero attached hydrogens (tertiary/aromatic N) is 3. The molecule has 1 aromatic rings. The molecular weight excluding hydrogens is 293 g/mol. The van der Waals surface area contributed by atoms with Crippen molar-refractivity contribution in [2.24, 2.45) is 0 Å². The maximum atomic E-state index is 13.4. The Hall–Kier alpha value is -1.46. The molecule has 0 aliphatic carbocycles. The van der Waals surface area contributed by atoms with Crippen LogP contribution in [0.25, 0.3) is 0 Å². The largest absolute Gasteiger partial charge is 0.339 e. The molecule has 0 unspecified atom stereocenters. The second-order valence-corrected chi connectivity index (χ2v) is 6.57. The summed E-state index contributed by atoms with van der Waals surface area (Å²) in [5, 5.41) is 0. The smallest absolute Gasteiger partial charge is 0.253 e. The van der Waals surface area contributed by atoms with E-state index in [9.17, 15) is 9.18 Å². The van der Waals surface area contributed by atoms with E-state index in [0.29, 0.717) is 11.1 Å². The summed E-state index contributed by atoms with van der Waals surface area (Å²) in [4.78, 5) is 18.9. The summed E-state index contributed by atoms with van der Waals surface area (Å²) in [7, 11) is 8.12. The fourth-order valence-electron chi connectivity index (χ4n) is 2.43. The lowest BCUT2D eigenvalue weighted by Crippen LogP contribution is -2.35. The lowest BCUT2D eigenvalue weighted by Gasteiger charge is -2.24. The molecule has 0 fully saturated rings. The predicted octanol–water partition coefficient (Wildman–Crippen LogP) is 2.48. The van der Waals surface area contributed by atoms with E-state index in [0.717, 1.165) is 39.0 Å². The molecule has 0 radical (unpaired) electrons. The van der Waals surface area contributed by atoms with Crippen LogP contribution in [0.1, 0.15) is 28.8 Å². The molecule has 0 saturated carbocycles. The Bertz CT molecular complexity index is 489. The molecule has 5 heteroatoms. The molecule has 1 amide bonds. The predicted molar refractivity (Wildman–Crippen MR) is 93.4 cm³/mol. The van der Waals surface area contributed by atoms with E-state index in [2.05, 4.69) is 9.80 Å². The second kappa shape index (κ2) is 9.63. The highest BCUT2D eigenvalue weighted by Gasteiger charge is 2.16. The number of benzene rings is 1. The zero-order valence-electron chi connectivity index (χ0n) is 15.1. The van der Waals surface area contributed by atoms with Gasteiger partial charge in [0.1, 0.15) is 5.82 Å². The van der Waals surface area contributed by atoms with Crippen molar-refractivity contribution in [1.29, 1.82) is 0 Å². The van der Waals surface area contributed by atoms with Gasteiger partial charge in [0.05, 0.1) is 0 Å². The molecule has 4 nitrogen and oxygen atoms in total. The highest BCUT2D eigenvalue weighted by Crippen LogP contribution is 2.12. The van der Waals surface area contributed by atoms with Crippen LogP contribution < -0.4 is 0 Å². The summed E-state index contributed by atoms with van der Waals surface area (Å²) < 4.78 is 13.4. The van der Waals surface area contributed by atoms with E-state index in [1.165, 1.54) is 6.07 Å². The zero-order valence-corrected chi connectivity index (χ0v) is 15.1. The van der Waals surface area contributed by atoms with Crippen LogP contribution in [0, 0.1) is 12.7 Å². The van der Waals surface area contributed by atoms with Gasteiger partial charge in [0, 0.05) is 18.7 Å². The van der Waals surface area contributed by atoms with Gasteiger partial charge in [-0.25, -0.2) is 4.39 Å². The molecule has 1 rings (SSSR count). The monoisotopic (exact) mass is 323 g/mol. The molecule has 0 N–H and O–H groups in total. The maximum Gasteiger partial charge on any atom is 0.253 e. The number of carbonyl (C=O) groups is 1. The van der Waals surface area contributed by atoms with Crippen molar-refractivity contribution in [3.8, 4) is 0 Å². The van der Waals surface area contributed by atoms with Gasteiger partial charge in [-0.15, -0.1) is 0 Å². The van der Waals surface area contributed by atoms with E-state index >= 15 is 0 Å². The molecule has 0 atom stereocenters. The zero-order chi connectivity index (χ0) is 17.4. The van der Waals surface area contributed by atoms with Gasteiger partial charge in [0.15, 0.2) is 0 Å². The van der Waals surface area contributed by atoms with Crippen LogP contribution in [0.3, 0.4) is 0 Å². The minimum absolute atomic E-state index is 0.00869. The number of amides is 1. The van der Waals surface area contributed by atoms with E-state index in [1.54, 1.807) is 19.1 Å². The topological polar surface area (TPSA) is 26.8 Å². The molecule has 1 aromatic carbocycles. The first kappa shape index (κ1) is 19.6. The van der Waals surface area contributed by atoms with Crippen molar-refractivity contribution in [3.05, 3.63) is 35.1 Å². The fraction of sp³-hybridized carbons (Fsp3) is 0.611. The number of halogens is 1. The normalized spacial score (nSPS) is 11.3. The number of carbonyl (C=O) groups excluding carboxylic acids is 1. The Morgan fingerprint density at radius 3 is 1.91 bits per heavy atom. The van der Waals surface area contributed by atoms with Crippen LogP contribution in [0.4, 0.5) is 4.39 Å². The van der Waals surface area contributed by atoms with E-state index in [1.807, 2.05) is 33.1 Å². The van der Waals surface area contributed by atoms with Crippen molar-refractivity contribution < 1.29 is 9.18 Å². The van der Waals surface area contributed by atoms with Crippen LogP contribution >= 0.6 is 0 Å². The van der Waals surface area contributed by atoms with Crippen molar-refractivity contribution in [2.75, 3.05) is 54.4 Å². The molecule has 0 saturated heterocycles. The van der Waals surface area contributed by atoms with Gasteiger partial charge in [-0.05, 0) is 84.8 Å². The number of aryl methyl sites for hydroxylation is 1. The molecular formula is C18H30FN3O. The van der Waals surface area contributed by atoms with Gasteiger partial charge in [0.25, 0.3) is 5.91 Å². The van der Waals surface area contributed by atoms with Crippen LogP contribution in [0.2, 0.25) is 0 Å². The maximum absolute atomic E-state index is 13.4. The molecule has 0 bridgehead atoms. The van der Waals surface area contributed by atoms with Crippen LogP contribution in [-0.2, 0) is 0 Å². The highest BCUT2D eigenvalue weighted by atomic mass is 19.1. The average molecular weight is 323 g/mol. The molecule has 0 aromatic heterocycles. The first-order valence-electron chi connectivity index (χ1n) is 8.16. The number of hydrogen-bond acceptors (Lipinski definition) is 3. The Kier molecular flexibility index (Phi) is 8.20. The molecule has 0 spiro atoms. The van der Waals surface area contributed by atoms with Crippen LogP contribution in [0.5, 0.6) is 0 Å².